The number of hydrogen-bond acceptors (Lipinski definition) is 4. The summed E-state index contributed by atoms with van der Waals surface area (Å²) in [5.41, 5.74) is -0.424. The maximum atomic E-state index is 9.50. The summed E-state index contributed by atoms with van der Waals surface area (Å²) in [6, 6.07) is 2.98. The molecule has 4 nitrogen and oxygen atoms in total. The number of nitriles is 1. The van der Waals surface area contributed by atoms with E-state index in [0.717, 1.165) is 51.9 Å². The zero-order valence-corrected chi connectivity index (χ0v) is 15.6. The van der Waals surface area contributed by atoms with Crippen LogP contribution in [0.1, 0.15) is 60.3 Å². The number of aliphatic hydroxyl groups is 1. The second-order valence-corrected chi connectivity index (χ2v) is 6.87. The van der Waals surface area contributed by atoms with E-state index in [1.54, 1.807) is 0 Å². The average Bonchev–Trinajstić information content (AvgIpc) is 2.48. The zero-order valence-electron chi connectivity index (χ0n) is 15.6. The van der Waals surface area contributed by atoms with Crippen molar-refractivity contribution in [3.63, 3.8) is 0 Å². The molecule has 2 saturated heterocycles. The fourth-order valence-electron chi connectivity index (χ4n) is 3.01. The van der Waals surface area contributed by atoms with Gasteiger partial charge in [0.2, 0.25) is 0 Å². The maximum Gasteiger partial charge on any atom is 0.0746 e. The molecule has 0 saturated carbocycles. The zero-order chi connectivity index (χ0) is 17.2. The van der Waals surface area contributed by atoms with Gasteiger partial charge in [-0.25, -0.2) is 0 Å². The molecule has 0 aliphatic carbocycles. The highest BCUT2D eigenvalue weighted by Gasteiger charge is 2.25. The van der Waals surface area contributed by atoms with E-state index in [-0.39, 0.29) is 0 Å². The van der Waals surface area contributed by atoms with E-state index in [2.05, 4.69) is 29.7 Å². The van der Waals surface area contributed by atoms with E-state index in [1.807, 2.05) is 27.8 Å². The van der Waals surface area contributed by atoms with Crippen molar-refractivity contribution in [2.75, 3.05) is 33.2 Å². The standard InChI is InChI=1S/C9H16N2.C7H15NO.C2H6/c1-8(2)11-5-3-9(7-10)4-6-11;1-7(9)4-3-5-8(2)6-7;1-2/h8-9H,3-6H2,1-2H3;9H,3-6H2,1-2H3;1-2H3. The van der Waals surface area contributed by atoms with Crippen LogP contribution in [-0.4, -0.2) is 59.8 Å². The van der Waals surface area contributed by atoms with Crippen LogP contribution in [0.5, 0.6) is 0 Å². The predicted octanol–water partition coefficient (Wildman–Crippen LogP) is 3.12. The van der Waals surface area contributed by atoms with Gasteiger partial charge in [0.05, 0.1) is 11.7 Å². The van der Waals surface area contributed by atoms with Crippen molar-refractivity contribution in [1.82, 2.24) is 9.80 Å². The minimum absolute atomic E-state index is 0.324. The Morgan fingerprint density at radius 3 is 2.05 bits per heavy atom. The van der Waals surface area contributed by atoms with Gasteiger partial charge in [-0.1, -0.05) is 13.8 Å². The number of nitrogens with zero attached hydrogens (tertiary/aromatic N) is 3. The summed E-state index contributed by atoms with van der Waals surface area (Å²) in [4.78, 5) is 4.61. The third kappa shape index (κ3) is 8.73. The summed E-state index contributed by atoms with van der Waals surface area (Å²) in [6.07, 6.45) is 4.21. The van der Waals surface area contributed by atoms with E-state index in [4.69, 9.17) is 5.26 Å². The van der Waals surface area contributed by atoms with Crippen molar-refractivity contribution in [3.05, 3.63) is 0 Å². The van der Waals surface area contributed by atoms with E-state index < -0.39 is 5.60 Å². The number of likely N-dealkylation sites (N-methyl/N-ethyl adjacent to an activating group) is 1. The number of likely N-dealkylation sites (tertiary alicyclic amines) is 2. The SMILES string of the molecule is CC.CC(C)N1CCC(C#N)CC1.CN1CCCC(C)(O)C1. The highest BCUT2D eigenvalue weighted by molar-refractivity contribution is 4.87. The molecule has 1 N–H and O–H groups in total. The molecule has 0 spiro atoms. The van der Waals surface area contributed by atoms with Gasteiger partial charge < -0.3 is 14.9 Å². The molecule has 2 rings (SSSR count). The predicted molar refractivity (Wildman–Crippen MR) is 93.7 cm³/mol. The molecular weight excluding hydrogens is 274 g/mol. The lowest BCUT2D eigenvalue weighted by atomic mass is 9.96. The normalized spacial score (nSPS) is 27.2. The van der Waals surface area contributed by atoms with Crippen LogP contribution in [0, 0.1) is 17.2 Å². The van der Waals surface area contributed by atoms with Gasteiger partial charge >= 0.3 is 0 Å². The van der Waals surface area contributed by atoms with Gasteiger partial charge in [0.1, 0.15) is 0 Å². The molecular formula is C18H37N3O. The fourth-order valence-corrected chi connectivity index (χ4v) is 3.01. The Bertz CT molecular complexity index is 315. The van der Waals surface area contributed by atoms with Crippen LogP contribution in [0.3, 0.4) is 0 Å². The molecule has 0 aromatic heterocycles. The quantitative estimate of drug-likeness (QED) is 0.808. The summed E-state index contributed by atoms with van der Waals surface area (Å²) in [6.45, 7) is 14.5. The Hall–Kier alpha value is -0.630. The molecule has 22 heavy (non-hydrogen) atoms. The van der Waals surface area contributed by atoms with Crippen LogP contribution in [0.15, 0.2) is 0 Å². The Morgan fingerprint density at radius 1 is 1.18 bits per heavy atom. The molecule has 130 valence electrons. The van der Waals surface area contributed by atoms with Gasteiger partial charge in [0, 0.05) is 18.5 Å². The largest absolute Gasteiger partial charge is 0.389 e. The summed E-state index contributed by atoms with van der Waals surface area (Å²) in [7, 11) is 2.05. The molecule has 2 aliphatic heterocycles. The first kappa shape index (κ1) is 21.4. The molecule has 2 aliphatic rings. The maximum absolute atomic E-state index is 9.50. The molecule has 1 unspecified atom stereocenters. The van der Waals surface area contributed by atoms with Gasteiger partial charge in [0.25, 0.3) is 0 Å². The first-order chi connectivity index (χ1) is 10.3. The lowest BCUT2D eigenvalue weighted by molar-refractivity contribution is -0.00684. The first-order valence-electron chi connectivity index (χ1n) is 8.88. The highest BCUT2D eigenvalue weighted by atomic mass is 16.3. The second kappa shape index (κ2) is 11.0. The van der Waals surface area contributed by atoms with Crippen LogP contribution in [0.25, 0.3) is 0 Å². The minimum atomic E-state index is -0.424. The van der Waals surface area contributed by atoms with E-state index in [1.165, 1.54) is 0 Å². The lowest BCUT2D eigenvalue weighted by Gasteiger charge is -2.34. The number of β-amino-alcohol motifs (C(OH)–C–C–N with tert-alkyl or cyclic N) is 1. The van der Waals surface area contributed by atoms with Crippen molar-refractivity contribution in [3.8, 4) is 6.07 Å². The van der Waals surface area contributed by atoms with Gasteiger partial charge in [0.15, 0.2) is 0 Å². The Balaban J connectivity index is 0.000000366. The topological polar surface area (TPSA) is 50.5 Å². The molecule has 0 bridgehead atoms. The van der Waals surface area contributed by atoms with Gasteiger partial charge in [-0.3, -0.25) is 0 Å². The number of hydrogen-bond donors (Lipinski definition) is 1. The van der Waals surface area contributed by atoms with Crippen LogP contribution in [0.2, 0.25) is 0 Å². The van der Waals surface area contributed by atoms with Gasteiger partial charge in [-0.15, -0.1) is 0 Å². The molecule has 2 heterocycles. The van der Waals surface area contributed by atoms with Crippen LogP contribution in [-0.2, 0) is 0 Å². The number of rotatable bonds is 1. The molecule has 0 amide bonds. The van der Waals surface area contributed by atoms with Crippen LogP contribution in [0.4, 0.5) is 0 Å². The lowest BCUT2D eigenvalue weighted by Crippen LogP contribution is -2.43. The van der Waals surface area contributed by atoms with Crippen molar-refractivity contribution in [2.24, 2.45) is 5.92 Å². The van der Waals surface area contributed by atoms with E-state index >= 15 is 0 Å². The summed E-state index contributed by atoms with van der Waals surface area (Å²) in [5, 5.41) is 18.2. The summed E-state index contributed by atoms with van der Waals surface area (Å²) >= 11 is 0. The molecule has 1 atom stereocenters. The number of piperidine rings is 2. The molecule has 2 fully saturated rings. The Labute approximate surface area is 138 Å². The smallest absolute Gasteiger partial charge is 0.0746 e. The first-order valence-corrected chi connectivity index (χ1v) is 8.88. The van der Waals surface area contributed by atoms with Gasteiger partial charge in [-0.2, -0.15) is 5.26 Å². The summed E-state index contributed by atoms with van der Waals surface area (Å²) in [5.74, 6) is 0.324. The van der Waals surface area contributed by atoms with Crippen molar-refractivity contribution in [2.45, 2.75) is 71.9 Å². The van der Waals surface area contributed by atoms with Gasteiger partial charge in [-0.05, 0) is 73.1 Å². The molecule has 4 heteroatoms. The Morgan fingerprint density at radius 2 is 1.73 bits per heavy atom. The van der Waals surface area contributed by atoms with Crippen LogP contribution < -0.4 is 0 Å². The Kier molecular flexibility index (Phi) is 10.7. The van der Waals surface area contributed by atoms with Crippen molar-refractivity contribution >= 4 is 0 Å². The summed E-state index contributed by atoms with van der Waals surface area (Å²) < 4.78 is 0. The van der Waals surface area contributed by atoms with Crippen molar-refractivity contribution in [1.29, 1.82) is 5.26 Å². The highest BCUT2D eigenvalue weighted by Crippen LogP contribution is 2.18. The van der Waals surface area contributed by atoms with E-state index in [0.29, 0.717) is 12.0 Å². The third-order valence-corrected chi connectivity index (χ3v) is 4.31. The molecule has 0 aromatic rings. The minimum Gasteiger partial charge on any atom is -0.389 e. The molecule has 0 radical (unpaired) electrons. The van der Waals surface area contributed by atoms with Crippen molar-refractivity contribution < 1.29 is 5.11 Å². The third-order valence-electron chi connectivity index (χ3n) is 4.31. The van der Waals surface area contributed by atoms with Crippen LogP contribution >= 0.6 is 0 Å². The monoisotopic (exact) mass is 311 g/mol. The van der Waals surface area contributed by atoms with E-state index in [9.17, 15) is 5.11 Å². The second-order valence-electron chi connectivity index (χ2n) is 6.87. The fraction of sp³-hybridized carbons (Fsp3) is 0.944. The molecule has 0 aromatic carbocycles. The average molecular weight is 312 g/mol.